The molecule has 3 heterocycles. The highest BCUT2D eigenvalue weighted by Gasteiger charge is 2.47. The van der Waals surface area contributed by atoms with Crippen LogP contribution in [-0.2, 0) is 45.8 Å². The Bertz CT molecular complexity index is 2700. The predicted octanol–water partition coefficient (Wildman–Crippen LogP) is 8.83. The third-order valence-corrected chi connectivity index (χ3v) is 22.7. The monoisotopic (exact) mass is 1060 g/mol. The summed E-state index contributed by atoms with van der Waals surface area (Å²) in [6.07, 6.45) is -0.674. The summed E-state index contributed by atoms with van der Waals surface area (Å²) in [5.74, 6) is -1.99. The number of aromatic nitrogens is 4. The molecule has 5 atom stereocenters. The summed E-state index contributed by atoms with van der Waals surface area (Å²) in [7, 11) is -2.88. The van der Waals surface area contributed by atoms with Crippen molar-refractivity contribution in [3.8, 4) is 0 Å². The molecule has 5 amide bonds. The molecule has 1 fully saturated rings. The molecule has 406 valence electrons. The number of fused-ring (bicyclic) bond motifs is 1. The smallest absolute Gasteiger partial charge is 0.410 e. The summed E-state index contributed by atoms with van der Waals surface area (Å²) < 4.78 is 32.9. The lowest BCUT2D eigenvalue weighted by Crippen LogP contribution is -2.54. The molecule has 1 saturated heterocycles. The number of nitrogens with one attached hydrogen (secondary N) is 5. The lowest BCUT2D eigenvalue weighted by molar-refractivity contribution is -0.128. The molecule has 0 unspecified atom stereocenters. The van der Waals surface area contributed by atoms with Crippen LogP contribution in [0.3, 0.4) is 0 Å². The Labute approximate surface area is 437 Å². The molecule has 0 bridgehead atoms. The average molecular weight is 1060 g/mol. The molecule has 1 aliphatic heterocycles. The molecular weight excluding hydrogens is 983 g/mol. The number of anilines is 2. The van der Waals surface area contributed by atoms with Crippen molar-refractivity contribution >= 4 is 69.3 Å². The molecule has 0 saturated carbocycles. The molecular formula is C52H79N9O11Si2. The van der Waals surface area contributed by atoms with Crippen LogP contribution < -0.4 is 26.8 Å². The second-order valence-electron chi connectivity index (χ2n) is 23.4. The van der Waals surface area contributed by atoms with E-state index in [0.29, 0.717) is 29.8 Å². The van der Waals surface area contributed by atoms with Crippen LogP contribution in [0.1, 0.15) is 117 Å². The second kappa shape index (κ2) is 23.3. The second-order valence-corrected chi connectivity index (χ2v) is 33.0. The topological polar surface area (TPSA) is 246 Å². The van der Waals surface area contributed by atoms with Crippen molar-refractivity contribution in [2.75, 3.05) is 24.3 Å². The van der Waals surface area contributed by atoms with Crippen molar-refractivity contribution in [3.63, 3.8) is 0 Å². The van der Waals surface area contributed by atoms with Crippen LogP contribution in [0, 0.1) is 5.92 Å². The maximum Gasteiger partial charge on any atom is 0.410 e. The summed E-state index contributed by atoms with van der Waals surface area (Å²) in [5, 5.41) is 10.6. The van der Waals surface area contributed by atoms with Gasteiger partial charge in [0.25, 0.3) is 11.5 Å². The van der Waals surface area contributed by atoms with E-state index in [1.807, 2.05) is 0 Å². The molecule has 22 heteroatoms. The van der Waals surface area contributed by atoms with Gasteiger partial charge in [-0.1, -0.05) is 85.7 Å². The van der Waals surface area contributed by atoms with E-state index in [0.717, 1.165) is 0 Å². The minimum absolute atomic E-state index is 0.00178. The third kappa shape index (κ3) is 15.3. The van der Waals surface area contributed by atoms with Gasteiger partial charge in [0.1, 0.15) is 24.3 Å². The maximum atomic E-state index is 14.0. The maximum absolute atomic E-state index is 14.0. The normalized spacial score (nSPS) is 17.4. The van der Waals surface area contributed by atoms with Gasteiger partial charge < -0.3 is 43.9 Å². The van der Waals surface area contributed by atoms with E-state index in [2.05, 4.69) is 99.0 Å². The SMILES string of the molecule is CC(C)[C@H](NC(=O)OC(C)(C)C)C(=O)N[C@@H](C)C(=O)Nc1ccc(COC(=O)N(C)Cc2ccccc2C(=O)Nc2nc3c(ncn3[C@@H]3O[C@H](CO[Si](C)(C)C(C)(C)C)C[C@H]3O[Si](C)(C)C(C)(C)C)c(=O)[nH]2)cc1. The minimum atomic E-state index is -2.32. The van der Waals surface area contributed by atoms with Gasteiger partial charge in [-0.25, -0.2) is 14.6 Å². The van der Waals surface area contributed by atoms with Gasteiger partial charge in [-0.2, -0.15) is 4.98 Å². The molecule has 5 rings (SSSR count). The number of carbonyl (C=O) groups is 5. The molecule has 74 heavy (non-hydrogen) atoms. The molecule has 5 N–H and O–H groups in total. The van der Waals surface area contributed by atoms with Gasteiger partial charge >= 0.3 is 12.2 Å². The van der Waals surface area contributed by atoms with E-state index in [1.54, 1.807) is 87.7 Å². The number of amides is 5. The zero-order chi connectivity index (χ0) is 55.3. The number of alkyl carbamates (subject to hydrolysis) is 1. The van der Waals surface area contributed by atoms with E-state index >= 15 is 0 Å². The lowest BCUT2D eigenvalue weighted by Gasteiger charge is -2.39. The van der Waals surface area contributed by atoms with E-state index in [4.69, 9.17) is 28.0 Å². The first-order valence-corrected chi connectivity index (χ1v) is 30.9. The third-order valence-electron chi connectivity index (χ3n) is 13.7. The van der Waals surface area contributed by atoms with E-state index in [-0.39, 0.29) is 57.9 Å². The van der Waals surface area contributed by atoms with Crippen molar-refractivity contribution in [1.82, 2.24) is 35.1 Å². The highest BCUT2D eigenvalue weighted by Crippen LogP contribution is 2.43. The summed E-state index contributed by atoms with van der Waals surface area (Å²) in [5.41, 5.74) is 0.781. The van der Waals surface area contributed by atoms with Gasteiger partial charge in [0.2, 0.25) is 17.8 Å². The number of rotatable bonds is 18. The fraction of sp³-hybridized carbons (Fsp3) is 0.577. The molecule has 0 aliphatic carbocycles. The quantitative estimate of drug-likeness (QED) is 0.0585. The zero-order valence-corrected chi connectivity index (χ0v) is 48.3. The Morgan fingerprint density at radius 3 is 2.11 bits per heavy atom. The standard InChI is InChI=1S/C52H79N9O11Si2/c1-31(2)39(56-48(66)71-50(4,5)6)44(64)54-32(3)42(62)55-35-24-22-33(23-25-35)28-68-49(67)60(13)27-34-20-18-19-21-37(34)43(63)58-47-57-41-40(45(65)59-47)53-30-61(41)46-38(72-74(16,17)52(10,11)12)26-36(70-46)29-69-73(14,15)51(7,8)9/h18-25,30-32,36,38-39,46H,26-29H2,1-17H3,(H,54,64)(H,55,62)(H,56,66)(H2,57,58,59,63,65)/t32-,36-,38+,39-,46+/m0/s1. The first kappa shape index (κ1) is 58.9. The predicted molar refractivity (Wildman–Crippen MR) is 289 cm³/mol. The molecule has 2 aromatic carbocycles. The van der Waals surface area contributed by atoms with Crippen LogP contribution in [0.4, 0.5) is 21.2 Å². The molecule has 0 spiro atoms. The van der Waals surface area contributed by atoms with Gasteiger partial charge in [0.15, 0.2) is 34.0 Å². The summed E-state index contributed by atoms with van der Waals surface area (Å²) in [6, 6.07) is 11.5. The summed E-state index contributed by atoms with van der Waals surface area (Å²) in [6.45, 7) is 32.4. The first-order chi connectivity index (χ1) is 34.2. The zero-order valence-electron chi connectivity index (χ0n) is 46.3. The fourth-order valence-corrected chi connectivity index (χ4v) is 9.68. The van der Waals surface area contributed by atoms with Crippen molar-refractivity contribution in [2.45, 2.75) is 175 Å². The van der Waals surface area contributed by atoms with E-state index in [1.165, 1.54) is 25.2 Å². The number of nitrogens with zero attached hydrogens (tertiary/aromatic N) is 4. The Kier molecular flexibility index (Phi) is 18.6. The van der Waals surface area contributed by atoms with Gasteiger partial charge in [-0.15, -0.1) is 0 Å². The van der Waals surface area contributed by atoms with E-state index in [9.17, 15) is 28.8 Å². The average Bonchev–Trinajstić information content (AvgIpc) is 3.89. The molecule has 0 radical (unpaired) electrons. The number of hydrogen-bond donors (Lipinski definition) is 5. The Morgan fingerprint density at radius 1 is 0.865 bits per heavy atom. The fourth-order valence-electron chi connectivity index (χ4n) is 7.32. The first-order valence-electron chi connectivity index (χ1n) is 25.1. The Morgan fingerprint density at radius 2 is 1.50 bits per heavy atom. The molecule has 1 aliphatic rings. The number of imidazole rings is 1. The number of ether oxygens (including phenoxy) is 3. The van der Waals surface area contributed by atoms with Crippen LogP contribution in [0.15, 0.2) is 59.7 Å². The number of carbonyl (C=O) groups excluding carboxylic acids is 5. The molecule has 2 aromatic heterocycles. The molecule has 4 aromatic rings. The van der Waals surface area contributed by atoms with Gasteiger partial charge in [0, 0.05) is 31.3 Å². The highest BCUT2D eigenvalue weighted by atomic mass is 28.4. The molecule has 20 nitrogen and oxygen atoms in total. The van der Waals surface area contributed by atoms with E-state index < -0.39 is 82.1 Å². The van der Waals surface area contributed by atoms with Crippen LogP contribution in [-0.4, -0.2) is 115 Å². The van der Waals surface area contributed by atoms with Gasteiger partial charge in [-0.3, -0.25) is 34.0 Å². The van der Waals surface area contributed by atoms with Crippen LogP contribution in [0.5, 0.6) is 0 Å². The van der Waals surface area contributed by atoms with Crippen LogP contribution in [0.25, 0.3) is 11.2 Å². The van der Waals surface area contributed by atoms with Crippen molar-refractivity contribution < 1.29 is 47.0 Å². The number of benzene rings is 2. The van der Waals surface area contributed by atoms with Crippen molar-refractivity contribution in [1.29, 1.82) is 0 Å². The lowest BCUT2D eigenvalue weighted by atomic mass is 10.0. The van der Waals surface area contributed by atoms with Gasteiger partial charge in [-0.05, 0) is 99.2 Å². The minimum Gasteiger partial charge on any atom is -0.445 e. The number of aromatic amines is 1. The van der Waals surface area contributed by atoms with Crippen LogP contribution >= 0.6 is 0 Å². The summed E-state index contributed by atoms with van der Waals surface area (Å²) in [4.78, 5) is 92.2. The largest absolute Gasteiger partial charge is 0.445 e. The van der Waals surface area contributed by atoms with Crippen LogP contribution in [0.2, 0.25) is 36.3 Å². The highest BCUT2D eigenvalue weighted by molar-refractivity contribution is 6.74. The summed E-state index contributed by atoms with van der Waals surface area (Å²) >= 11 is 0. The van der Waals surface area contributed by atoms with Crippen molar-refractivity contribution in [2.24, 2.45) is 5.92 Å². The number of hydrogen-bond acceptors (Lipinski definition) is 13. The van der Waals surface area contributed by atoms with Crippen molar-refractivity contribution in [3.05, 3.63) is 81.9 Å². The Balaban J connectivity index is 1.21. The Hall–Kier alpha value is -5.95. The number of H-pyrrole nitrogens is 1. The van der Waals surface area contributed by atoms with Gasteiger partial charge in [0.05, 0.1) is 25.1 Å².